The van der Waals surface area contributed by atoms with Gasteiger partial charge in [-0.3, -0.25) is 0 Å². The lowest BCUT2D eigenvalue weighted by atomic mass is 9.87. The van der Waals surface area contributed by atoms with Gasteiger partial charge in [0.1, 0.15) is 6.33 Å². The lowest BCUT2D eigenvalue weighted by molar-refractivity contribution is 0.267. The average molecular weight is 232 g/mol. The van der Waals surface area contributed by atoms with Gasteiger partial charge in [-0.1, -0.05) is 25.0 Å². The van der Waals surface area contributed by atoms with Crippen molar-refractivity contribution < 1.29 is 0 Å². The molecule has 1 fully saturated rings. The van der Waals surface area contributed by atoms with E-state index in [1.165, 1.54) is 19.2 Å². The minimum atomic E-state index is 0.401. The summed E-state index contributed by atoms with van der Waals surface area (Å²) in [6.45, 7) is 2.29. The van der Waals surface area contributed by atoms with Gasteiger partial charge in [0.25, 0.3) is 0 Å². The van der Waals surface area contributed by atoms with Gasteiger partial charge in [0.2, 0.25) is 0 Å². The van der Waals surface area contributed by atoms with Crippen molar-refractivity contribution in [3.8, 4) is 0 Å². The molecule has 0 radical (unpaired) electrons. The molecule has 0 bridgehead atoms. The highest BCUT2D eigenvalue weighted by molar-refractivity contribution is 5.80. The summed E-state index contributed by atoms with van der Waals surface area (Å²) in [5, 5.41) is 8.28. The quantitative estimate of drug-likeness (QED) is 0.806. The Morgan fingerprint density at radius 3 is 3.06 bits per heavy atom. The Bertz CT molecular complexity index is 534. The monoisotopic (exact) mass is 232 g/mol. The van der Waals surface area contributed by atoms with E-state index in [4.69, 9.17) is 5.73 Å². The van der Waals surface area contributed by atoms with E-state index in [0.29, 0.717) is 17.4 Å². The van der Waals surface area contributed by atoms with E-state index >= 15 is 0 Å². The third kappa shape index (κ3) is 1.73. The number of fused-ring (bicyclic) bond motifs is 1. The summed E-state index contributed by atoms with van der Waals surface area (Å²) in [6, 6.07) is 0.401. The van der Waals surface area contributed by atoms with E-state index in [1.54, 1.807) is 0 Å². The van der Waals surface area contributed by atoms with Gasteiger partial charge in [-0.2, -0.15) is 0 Å². The topological polar surface area (TPSA) is 82.5 Å². The third-order valence-electron chi connectivity index (χ3n) is 3.54. The summed E-state index contributed by atoms with van der Waals surface area (Å²) in [7, 11) is 0. The number of hydrogen-bond donors (Lipinski definition) is 1. The predicted molar refractivity (Wildman–Crippen MR) is 64.2 cm³/mol. The smallest absolute Gasteiger partial charge is 0.184 e. The molecule has 0 spiro atoms. The molecular weight excluding hydrogens is 216 g/mol. The summed E-state index contributed by atoms with van der Waals surface area (Å²) in [4.78, 5) is 8.18. The highest BCUT2D eigenvalue weighted by Crippen LogP contribution is 2.33. The van der Waals surface area contributed by atoms with Gasteiger partial charge in [-0.05, 0) is 18.8 Å². The number of anilines is 1. The Kier molecular flexibility index (Phi) is 2.42. The second-order valence-electron chi connectivity index (χ2n) is 4.89. The summed E-state index contributed by atoms with van der Waals surface area (Å²) in [6.07, 6.45) is 6.31. The van der Waals surface area contributed by atoms with Crippen molar-refractivity contribution in [2.75, 3.05) is 5.73 Å². The van der Waals surface area contributed by atoms with Crippen LogP contribution in [0.15, 0.2) is 6.33 Å². The van der Waals surface area contributed by atoms with Crippen LogP contribution in [0.3, 0.4) is 0 Å². The van der Waals surface area contributed by atoms with E-state index in [9.17, 15) is 0 Å². The zero-order valence-electron chi connectivity index (χ0n) is 9.87. The molecular formula is C11H16N6. The van der Waals surface area contributed by atoms with Gasteiger partial charge in [0, 0.05) is 0 Å². The molecule has 1 saturated carbocycles. The fourth-order valence-corrected chi connectivity index (χ4v) is 2.65. The maximum Gasteiger partial charge on any atom is 0.184 e. The van der Waals surface area contributed by atoms with Gasteiger partial charge in [-0.25, -0.2) is 14.6 Å². The molecule has 3 rings (SSSR count). The van der Waals surface area contributed by atoms with Gasteiger partial charge in [0.15, 0.2) is 17.0 Å². The lowest BCUT2D eigenvalue weighted by Crippen LogP contribution is -2.19. The van der Waals surface area contributed by atoms with Crippen LogP contribution in [0, 0.1) is 5.92 Å². The van der Waals surface area contributed by atoms with Crippen molar-refractivity contribution in [2.24, 2.45) is 5.92 Å². The number of rotatable bonds is 1. The first-order chi connectivity index (χ1) is 8.25. The highest BCUT2D eigenvalue weighted by atomic mass is 15.5. The predicted octanol–water partition coefficient (Wildman–Crippen LogP) is 1.55. The van der Waals surface area contributed by atoms with Crippen molar-refractivity contribution in [3.63, 3.8) is 0 Å². The molecule has 2 unspecified atom stereocenters. The van der Waals surface area contributed by atoms with Crippen LogP contribution in [-0.4, -0.2) is 25.0 Å². The molecule has 90 valence electrons. The van der Waals surface area contributed by atoms with Crippen LogP contribution in [-0.2, 0) is 0 Å². The molecule has 0 aliphatic heterocycles. The molecule has 2 heterocycles. The first-order valence-corrected chi connectivity index (χ1v) is 6.07. The van der Waals surface area contributed by atoms with Crippen LogP contribution >= 0.6 is 0 Å². The minimum Gasteiger partial charge on any atom is -0.382 e. The van der Waals surface area contributed by atoms with Crippen LogP contribution in [0.2, 0.25) is 0 Å². The molecule has 0 aromatic carbocycles. The van der Waals surface area contributed by atoms with Crippen molar-refractivity contribution in [3.05, 3.63) is 6.33 Å². The number of nitrogens with two attached hydrogens (primary N) is 1. The van der Waals surface area contributed by atoms with Gasteiger partial charge in [0.05, 0.1) is 6.04 Å². The van der Waals surface area contributed by atoms with Crippen molar-refractivity contribution in [1.82, 2.24) is 25.0 Å². The van der Waals surface area contributed by atoms with Gasteiger partial charge < -0.3 is 5.73 Å². The molecule has 0 amide bonds. The van der Waals surface area contributed by atoms with Crippen LogP contribution < -0.4 is 5.73 Å². The molecule has 6 nitrogen and oxygen atoms in total. The van der Waals surface area contributed by atoms with Crippen LogP contribution in [0.1, 0.15) is 38.6 Å². The van der Waals surface area contributed by atoms with Crippen molar-refractivity contribution >= 4 is 17.0 Å². The van der Waals surface area contributed by atoms with E-state index < -0.39 is 0 Å². The van der Waals surface area contributed by atoms with Crippen molar-refractivity contribution in [1.29, 1.82) is 0 Å². The Hall–Kier alpha value is -1.72. The highest BCUT2D eigenvalue weighted by Gasteiger charge is 2.23. The molecule has 17 heavy (non-hydrogen) atoms. The van der Waals surface area contributed by atoms with Gasteiger partial charge >= 0.3 is 0 Å². The number of hydrogen-bond acceptors (Lipinski definition) is 5. The maximum atomic E-state index is 5.76. The third-order valence-corrected chi connectivity index (χ3v) is 3.54. The number of nitrogen functional groups attached to an aromatic ring is 1. The maximum absolute atomic E-state index is 5.76. The normalized spacial score (nSPS) is 25.2. The first kappa shape index (κ1) is 10.4. The summed E-state index contributed by atoms with van der Waals surface area (Å²) < 4.78 is 1.92. The second kappa shape index (κ2) is 3.94. The molecule has 2 atom stereocenters. The standard InChI is InChI=1S/C11H16N6/c1-7-3-2-4-8(5-7)17-11-9(15-16-17)10(12)13-6-14-11/h6-8H,2-5H2,1H3,(H2,12,13,14). The van der Waals surface area contributed by atoms with Crippen LogP contribution in [0.4, 0.5) is 5.82 Å². The average Bonchev–Trinajstić information content (AvgIpc) is 2.74. The number of aromatic nitrogens is 5. The van der Waals surface area contributed by atoms with E-state index in [2.05, 4.69) is 27.2 Å². The van der Waals surface area contributed by atoms with E-state index in [1.807, 2.05) is 4.68 Å². The Morgan fingerprint density at radius 1 is 1.35 bits per heavy atom. The second-order valence-corrected chi connectivity index (χ2v) is 4.89. The Balaban J connectivity index is 2.02. The molecule has 6 heteroatoms. The molecule has 2 aromatic heterocycles. The summed E-state index contributed by atoms with van der Waals surface area (Å²) >= 11 is 0. The van der Waals surface area contributed by atoms with Crippen LogP contribution in [0.25, 0.3) is 11.2 Å². The van der Waals surface area contributed by atoms with Crippen LogP contribution in [0.5, 0.6) is 0 Å². The zero-order valence-corrected chi connectivity index (χ0v) is 9.87. The van der Waals surface area contributed by atoms with Crippen molar-refractivity contribution in [2.45, 2.75) is 38.6 Å². The molecule has 0 saturated heterocycles. The Labute approximate surface area is 99.2 Å². The lowest BCUT2D eigenvalue weighted by Gasteiger charge is -2.26. The summed E-state index contributed by atoms with van der Waals surface area (Å²) in [5.41, 5.74) is 7.14. The Morgan fingerprint density at radius 2 is 2.24 bits per heavy atom. The number of nitrogens with zero attached hydrogens (tertiary/aromatic N) is 5. The molecule has 2 N–H and O–H groups in total. The SMILES string of the molecule is CC1CCCC(n2nnc3c(N)ncnc32)C1. The minimum absolute atomic E-state index is 0.401. The van der Waals surface area contributed by atoms with E-state index in [0.717, 1.165) is 24.4 Å². The fourth-order valence-electron chi connectivity index (χ4n) is 2.65. The first-order valence-electron chi connectivity index (χ1n) is 6.07. The molecule has 2 aromatic rings. The van der Waals surface area contributed by atoms with E-state index in [-0.39, 0.29) is 0 Å². The fraction of sp³-hybridized carbons (Fsp3) is 0.636. The summed E-state index contributed by atoms with van der Waals surface area (Å²) in [5.74, 6) is 1.15. The molecule has 1 aliphatic rings. The molecule has 1 aliphatic carbocycles. The zero-order chi connectivity index (χ0) is 11.8. The largest absolute Gasteiger partial charge is 0.382 e. The van der Waals surface area contributed by atoms with Gasteiger partial charge in [-0.15, -0.1) is 5.10 Å².